The Morgan fingerprint density at radius 2 is 1.79 bits per heavy atom. The minimum Gasteiger partial charge on any atom is -0.334 e. The van der Waals surface area contributed by atoms with Crippen LogP contribution in [-0.2, 0) is 16.2 Å². The number of rotatable bonds is 3. The van der Waals surface area contributed by atoms with Crippen LogP contribution in [0.15, 0.2) is 35.4 Å². The van der Waals surface area contributed by atoms with E-state index in [-0.39, 0.29) is 18.8 Å². The van der Waals surface area contributed by atoms with Gasteiger partial charge in [0.1, 0.15) is 0 Å². The molecule has 0 radical (unpaired) electrons. The van der Waals surface area contributed by atoms with Gasteiger partial charge in [0.2, 0.25) is 10.0 Å². The van der Waals surface area contributed by atoms with Crippen molar-refractivity contribution in [3.8, 4) is 0 Å². The second-order valence-electron chi connectivity index (χ2n) is 6.78. The number of halogens is 3. The number of hydrogen-bond acceptors (Lipinski definition) is 5. The number of hydrogen-bond donors (Lipinski definition) is 1. The van der Waals surface area contributed by atoms with Gasteiger partial charge in [-0.2, -0.15) is 17.5 Å². The molecule has 2 saturated heterocycles. The lowest BCUT2D eigenvalue weighted by Crippen LogP contribution is -2.57. The molecule has 1 N–H and O–H groups in total. The topological polar surface area (TPSA) is 99.3 Å². The average Bonchev–Trinajstić information content (AvgIpc) is 3.27. The fraction of sp³-hybridized carbons (Fsp3) is 0.438. The number of likely N-dealkylation sites (tertiary alicyclic amines) is 1. The van der Waals surface area contributed by atoms with E-state index in [2.05, 4.69) is 15.4 Å². The van der Waals surface area contributed by atoms with Gasteiger partial charge in [-0.25, -0.2) is 8.42 Å². The number of aromatic amines is 1. The lowest BCUT2D eigenvalue weighted by atomic mass is 10.2. The first kappa shape index (κ1) is 18.9. The minimum absolute atomic E-state index is 0.0929. The van der Waals surface area contributed by atoms with Crippen LogP contribution >= 0.6 is 0 Å². The summed E-state index contributed by atoms with van der Waals surface area (Å²) in [6.45, 7) is 0.186. The molecule has 0 saturated carbocycles. The molecule has 12 heteroatoms. The van der Waals surface area contributed by atoms with Crippen LogP contribution in [0.2, 0.25) is 0 Å². The van der Waals surface area contributed by atoms with Crippen molar-refractivity contribution < 1.29 is 26.4 Å². The van der Waals surface area contributed by atoms with E-state index < -0.39 is 44.6 Å². The molecule has 1 aromatic carbocycles. The van der Waals surface area contributed by atoms with Gasteiger partial charge in [0.05, 0.1) is 16.7 Å². The maximum Gasteiger partial charge on any atom is 0.417 e. The SMILES string of the molecule is O=C(c1c[nH]nn1)N1CC2CCC(C1)N2S(=O)(=O)c1ccccc1C(F)(F)F. The van der Waals surface area contributed by atoms with Crippen LogP contribution in [-0.4, -0.2) is 64.1 Å². The highest BCUT2D eigenvalue weighted by Gasteiger charge is 2.49. The number of carbonyl (C=O) groups excluding carboxylic acids is 1. The number of piperazine rings is 1. The zero-order chi connectivity index (χ0) is 20.1. The summed E-state index contributed by atoms with van der Waals surface area (Å²) < 4.78 is 67.4. The standard InChI is InChI=1S/C16H16F3N5O3S/c17-16(18,19)12-3-1-2-4-14(12)28(26,27)24-10-5-6-11(24)9-23(8-10)15(25)13-7-20-22-21-13/h1-4,7,10-11H,5-6,8-9H2,(H,20,21,22). The van der Waals surface area contributed by atoms with Crippen LogP contribution in [0, 0.1) is 0 Å². The first-order valence-electron chi connectivity index (χ1n) is 8.55. The largest absolute Gasteiger partial charge is 0.417 e. The van der Waals surface area contributed by atoms with Gasteiger partial charge >= 0.3 is 6.18 Å². The van der Waals surface area contributed by atoms with E-state index in [1.54, 1.807) is 0 Å². The van der Waals surface area contributed by atoms with E-state index in [1.165, 1.54) is 17.2 Å². The summed E-state index contributed by atoms with van der Waals surface area (Å²) in [6, 6.07) is 3.00. The van der Waals surface area contributed by atoms with Gasteiger partial charge in [-0.05, 0) is 25.0 Å². The Balaban J connectivity index is 1.64. The lowest BCUT2D eigenvalue weighted by Gasteiger charge is -2.40. The van der Waals surface area contributed by atoms with Gasteiger partial charge in [0.25, 0.3) is 5.91 Å². The molecule has 150 valence electrons. The molecule has 8 nitrogen and oxygen atoms in total. The number of alkyl halides is 3. The zero-order valence-corrected chi connectivity index (χ0v) is 15.2. The number of nitrogens with one attached hydrogen (secondary N) is 1. The molecule has 2 unspecified atom stereocenters. The maximum atomic E-state index is 13.3. The van der Waals surface area contributed by atoms with Crippen LogP contribution in [0.3, 0.4) is 0 Å². The molecule has 2 aromatic rings. The number of H-pyrrole nitrogens is 1. The summed E-state index contributed by atoms with van der Waals surface area (Å²) in [5.41, 5.74) is -1.08. The van der Waals surface area contributed by atoms with E-state index in [4.69, 9.17) is 0 Å². The Hall–Kier alpha value is -2.47. The van der Waals surface area contributed by atoms with E-state index in [1.807, 2.05) is 0 Å². The van der Waals surface area contributed by atoms with Crippen molar-refractivity contribution in [2.24, 2.45) is 0 Å². The van der Waals surface area contributed by atoms with E-state index in [0.717, 1.165) is 22.5 Å². The first-order valence-corrected chi connectivity index (χ1v) is 9.99. The Morgan fingerprint density at radius 3 is 2.36 bits per heavy atom. The zero-order valence-electron chi connectivity index (χ0n) is 14.4. The van der Waals surface area contributed by atoms with Gasteiger partial charge in [-0.15, -0.1) is 5.10 Å². The number of nitrogens with zero attached hydrogens (tertiary/aromatic N) is 4. The van der Waals surface area contributed by atoms with Crippen LogP contribution < -0.4 is 0 Å². The molecule has 2 aliphatic rings. The number of sulfonamides is 1. The van der Waals surface area contributed by atoms with Crippen LogP contribution in [0.5, 0.6) is 0 Å². The molecule has 28 heavy (non-hydrogen) atoms. The summed E-state index contributed by atoms with van der Waals surface area (Å²) in [5, 5.41) is 9.59. The maximum absolute atomic E-state index is 13.3. The quantitative estimate of drug-likeness (QED) is 0.819. The third-order valence-electron chi connectivity index (χ3n) is 5.09. The van der Waals surface area contributed by atoms with Gasteiger partial charge in [-0.3, -0.25) is 9.89 Å². The number of amides is 1. The summed E-state index contributed by atoms with van der Waals surface area (Å²) in [6.07, 6.45) is -2.50. The first-order chi connectivity index (χ1) is 13.2. The van der Waals surface area contributed by atoms with E-state index >= 15 is 0 Å². The summed E-state index contributed by atoms with van der Waals surface area (Å²) in [7, 11) is -4.37. The van der Waals surface area contributed by atoms with Gasteiger partial charge in [0, 0.05) is 25.2 Å². The van der Waals surface area contributed by atoms with Gasteiger partial charge < -0.3 is 4.90 Å². The molecule has 2 aliphatic heterocycles. The van der Waals surface area contributed by atoms with E-state index in [9.17, 15) is 26.4 Å². The Kier molecular flexibility index (Phi) is 4.42. The molecule has 2 bridgehead atoms. The number of benzene rings is 1. The van der Waals surface area contributed by atoms with Crippen molar-refractivity contribution in [3.05, 3.63) is 41.7 Å². The minimum atomic E-state index is -4.78. The lowest BCUT2D eigenvalue weighted by molar-refractivity contribution is -0.139. The molecular weight excluding hydrogens is 399 g/mol. The predicted molar refractivity (Wildman–Crippen MR) is 89.6 cm³/mol. The van der Waals surface area contributed by atoms with Crippen LogP contribution in [0.4, 0.5) is 13.2 Å². The molecule has 0 aliphatic carbocycles. The molecule has 1 aromatic heterocycles. The smallest absolute Gasteiger partial charge is 0.334 e. The molecule has 1 amide bonds. The number of aromatic nitrogens is 3. The molecule has 4 rings (SSSR count). The number of carbonyl (C=O) groups is 1. The van der Waals surface area contributed by atoms with Crippen LogP contribution in [0.25, 0.3) is 0 Å². The molecule has 3 heterocycles. The highest BCUT2D eigenvalue weighted by Crippen LogP contribution is 2.40. The van der Waals surface area contributed by atoms with Crippen molar-refractivity contribution in [3.63, 3.8) is 0 Å². The van der Waals surface area contributed by atoms with Crippen LogP contribution in [0.1, 0.15) is 28.9 Å². The van der Waals surface area contributed by atoms with Crippen molar-refractivity contribution in [1.82, 2.24) is 24.6 Å². The fourth-order valence-corrected chi connectivity index (χ4v) is 6.00. The van der Waals surface area contributed by atoms with Crippen molar-refractivity contribution in [1.29, 1.82) is 0 Å². The molecule has 2 fully saturated rings. The van der Waals surface area contributed by atoms with E-state index in [0.29, 0.717) is 12.8 Å². The Morgan fingerprint density at radius 1 is 1.14 bits per heavy atom. The second-order valence-corrected chi connectivity index (χ2v) is 8.59. The fourth-order valence-electron chi connectivity index (χ4n) is 3.93. The summed E-state index contributed by atoms with van der Waals surface area (Å²) >= 11 is 0. The van der Waals surface area contributed by atoms with Crippen molar-refractivity contribution >= 4 is 15.9 Å². The Bertz CT molecular complexity index is 979. The Labute approximate surface area is 158 Å². The summed E-state index contributed by atoms with van der Waals surface area (Å²) in [5.74, 6) is -0.390. The third kappa shape index (κ3) is 3.05. The third-order valence-corrected chi connectivity index (χ3v) is 7.15. The van der Waals surface area contributed by atoms with Gasteiger partial charge in [-0.1, -0.05) is 17.3 Å². The molecular formula is C16H16F3N5O3S. The second kappa shape index (κ2) is 6.55. The van der Waals surface area contributed by atoms with Crippen molar-refractivity contribution in [2.45, 2.75) is 36.0 Å². The predicted octanol–water partition coefficient (Wildman–Crippen LogP) is 1.50. The normalized spacial score (nSPS) is 23.2. The monoisotopic (exact) mass is 415 g/mol. The molecule has 0 spiro atoms. The average molecular weight is 415 g/mol. The highest BCUT2D eigenvalue weighted by molar-refractivity contribution is 7.89. The summed E-state index contributed by atoms with van der Waals surface area (Å²) in [4.78, 5) is 13.2. The van der Waals surface area contributed by atoms with Crippen molar-refractivity contribution in [2.75, 3.05) is 13.1 Å². The number of fused-ring (bicyclic) bond motifs is 2. The van der Waals surface area contributed by atoms with Gasteiger partial charge in [0.15, 0.2) is 5.69 Å². The molecule has 2 atom stereocenters. The highest BCUT2D eigenvalue weighted by atomic mass is 32.2.